The summed E-state index contributed by atoms with van der Waals surface area (Å²) >= 11 is 0. The van der Waals surface area contributed by atoms with Crippen LogP contribution in [0.5, 0.6) is 0 Å². The first kappa shape index (κ1) is 18.9. The molecule has 1 amide bonds. The van der Waals surface area contributed by atoms with Crippen molar-refractivity contribution in [3.63, 3.8) is 0 Å². The van der Waals surface area contributed by atoms with Crippen molar-refractivity contribution in [3.05, 3.63) is 63.3 Å². The zero-order valence-corrected chi connectivity index (χ0v) is 15.2. The molecule has 1 aromatic carbocycles. The van der Waals surface area contributed by atoms with Gasteiger partial charge in [-0.1, -0.05) is 51.1 Å². The van der Waals surface area contributed by atoms with Crippen molar-refractivity contribution in [1.29, 1.82) is 0 Å². The Kier molecular flexibility index (Phi) is 5.74. The first-order valence-electron chi connectivity index (χ1n) is 8.29. The minimum absolute atomic E-state index is 0.0254. The summed E-state index contributed by atoms with van der Waals surface area (Å²) < 4.78 is 0. The third-order valence-electron chi connectivity index (χ3n) is 3.90. The van der Waals surface area contributed by atoms with Crippen LogP contribution in [-0.4, -0.2) is 39.0 Å². The van der Waals surface area contributed by atoms with E-state index in [9.17, 15) is 14.7 Å². The summed E-state index contributed by atoms with van der Waals surface area (Å²) in [5.41, 5.74) is 0.587. The third kappa shape index (κ3) is 4.54. The van der Waals surface area contributed by atoms with Crippen molar-refractivity contribution in [2.24, 2.45) is 0 Å². The maximum Gasteiger partial charge on any atom is 0.264 e. The number of aliphatic hydroxyl groups excluding tert-OH is 1. The number of hydrogen-bond donors (Lipinski definition) is 2. The largest absolute Gasteiger partial charge is 0.395 e. The van der Waals surface area contributed by atoms with E-state index in [0.29, 0.717) is 18.1 Å². The van der Waals surface area contributed by atoms with E-state index in [2.05, 4.69) is 9.97 Å². The Bertz CT molecular complexity index is 792. The van der Waals surface area contributed by atoms with Crippen LogP contribution in [0.1, 0.15) is 48.2 Å². The molecule has 0 aliphatic carbocycles. The van der Waals surface area contributed by atoms with Crippen LogP contribution in [0, 0.1) is 6.92 Å². The maximum absolute atomic E-state index is 12.9. The molecule has 0 aliphatic rings. The predicted octanol–water partition coefficient (Wildman–Crippen LogP) is 2.01. The third-order valence-corrected chi connectivity index (χ3v) is 3.90. The van der Waals surface area contributed by atoms with Crippen LogP contribution >= 0.6 is 0 Å². The molecular formula is C19H25N3O3. The van der Waals surface area contributed by atoms with Crippen molar-refractivity contribution < 1.29 is 9.90 Å². The quantitative estimate of drug-likeness (QED) is 0.869. The standard InChI is InChI=1S/C19H25N3O3/c1-13-15(16(24)21-18(20-13)19(2,3)4)17(25)22(10-11-23)12-14-8-6-5-7-9-14/h5-9,23H,10-12H2,1-4H3,(H,20,21,24). The molecule has 0 saturated carbocycles. The summed E-state index contributed by atoms with van der Waals surface area (Å²) in [6.07, 6.45) is 0. The fraction of sp³-hybridized carbons (Fsp3) is 0.421. The molecular weight excluding hydrogens is 318 g/mol. The first-order valence-corrected chi connectivity index (χ1v) is 8.29. The number of carbonyl (C=O) groups excluding carboxylic acids is 1. The number of benzene rings is 1. The van der Waals surface area contributed by atoms with E-state index in [1.165, 1.54) is 4.90 Å². The van der Waals surface area contributed by atoms with Gasteiger partial charge in [0, 0.05) is 18.5 Å². The van der Waals surface area contributed by atoms with Gasteiger partial charge in [-0.05, 0) is 12.5 Å². The Morgan fingerprint density at radius 2 is 1.88 bits per heavy atom. The smallest absolute Gasteiger partial charge is 0.264 e. The van der Waals surface area contributed by atoms with E-state index < -0.39 is 11.5 Å². The van der Waals surface area contributed by atoms with E-state index in [-0.39, 0.29) is 24.1 Å². The predicted molar refractivity (Wildman–Crippen MR) is 96.6 cm³/mol. The maximum atomic E-state index is 12.9. The number of nitrogens with one attached hydrogen (secondary N) is 1. The van der Waals surface area contributed by atoms with Crippen LogP contribution in [0.2, 0.25) is 0 Å². The zero-order valence-electron chi connectivity index (χ0n) is 15.2. The van der Waals surface area contributed by atoms with Gasteiger partial charge >= 0.3 is 0 Å². The lowest BCUT2D eigenvalue weighted by atomic mass is 9.95. The first-order chi connectivity index (χ1) is 11.7. The van der Waals surface area contributed by atoms with Gasteiger partial charge in [-0.25, -0.2) is 4.98 Å². The molecule has 1 aromatic heterocycles. The fourth-order valence-corrected chi connectivity index (χ4v) is 2.53. The summed E-state index contributed by atoms with van der Waals surface area (Å²) in [6, 6.07) is 9.46. The van der Waals surface area contributed by atoms with E-state index in [4.69, 9.17) is 0 Å². The zero-order chi connectivity index (χ0) is 18.6. The molecule has 25 heavy (non-hydrogen) atoms. The molecule has 1 heterocycles. The number of nitrogens with zero attached hydrogens (tertiary/aromatic N) is 2. The molecule has 0 atom stereocenters. The second-order valence-electron chi connectivity index (χ2n) is 7.06. The molecule has 134 valence electrons. The molecule has 0 radical (unpaired) electrons. The van der Waals surface area contributed by atoms with Gasteiger partial charge in [0.2, 0.25) is 0 Å². The molecule has 0 saturated heterocycles. The molecule has 2 N–H and O–H groups in total. The number of carbonyl (C=O) groups is 1. The summed E-state index contributed by atoms with van der Waals surface area (Å²) in [6.45, 7) is 7.78. The Morgan fingerprint density at radius 1 is 1.24 bits per heavy atom. The van der Waals surface area contributed by atoms with Crippen molar-refractivity contribution in [2.45, 2.75) is 39.7 Å². The number of aromatic amines is 1. The van der Waals surface area contributed by atoms with Crippen molar-refractivity contribution in [1.82, 2.24) is 14.9 Å². The molecule has 6 nitrogen and oxygen atoms in total. The summed E-state index contributed by atoms with van der Waals surface area (Å²) in [5, 5.41) is 9.30. The summed E-state index contributed by atoms with van der Waals surface area (Å²) in [5.74, 6) is 0.118. The van der Waals surface area contributed by atoms with Gasteiger partial charge in [-0.15, -0.1) is 0 Å². The van der Waals surface area contributed by atoms with Gasteiger partial charge in [-0.3, -0.25) is 9.59 Å². The Morgan fingerprint density at radius 3 is 2.40 bits per heavy atom. The SMILES string of the molecule is Cc1nc(C(C)(C)C)[nH]c(=O)c1C(=O)N(CCO)Cc1ccccc1. The van der Waals surface area contributed by atoms with Crippen molar-refractivity contribution >= 4 is 5.91 Å². The molecule has 0 fully saturated rings. The Labute approximate surface area is 147 Å². The highest BCUT2D eigenvalue weighted by Gasteiger charge is 2.25. The lowest BCUT2D eigenvalue weighted by molar-refractivity contribution is 0.0704. The number of aryl methyl sites for hydroxylation is 1. The van der Waals surface area contributed by atoms with E-state index in [0.717, 1.165) is 5.56 Å². The van der Waals surface area contributed by atoms with E-state index >= 15 is 0 Å². The van der Waals surface area contributed by atoms with Crippen LogP contribution in [0.15, 0.2) is 35.1 Å². The molecule has 2 aromatic rings. The van der Waals surface area contributed by atoms with E-state index in [1.54, 1.807) is 6.92 Å². The number of aliphatic hydroxyl groups is 1. The van der Waals surface area contributed by atoms with Gasteiger partial charge in [0.15, 0.2) is 0 Å². The summed E-state index contributed by atoms with van der Waals surface area (Å²) in [7, 11) is 0. The molecule has 6 heteroatoms. The second-order valence-corrected chi connectivity index (χ2v) is 7.06. The van der Waals surface area contributed by atoms with Gasteiger partial charge in [-0.2, -0.15) is 0 Å². The molecule has 0 aliphatic heterocycles. The summed E-state index contributed by atoms with van der Waals surface area (Å²) in [4.78, 5) is 34.0. The number of H-pyrrole nitrogens is 1. The van der Waals surface area contributed by atoms with Crippen LogP contribution in [0.3, 0.4) is 0 Å². The number of aromatic nitrogens is 2. The highest BCUT2D eigenvalue weighted by molar-refractivity contribution is 5.94. The number of hydrogen-bond acceptors (Lipinski definition) is 4. The fourth-order valence-electron chi connectivity index (χ4n) is 2.53. The van der Waals surface area contributed by atoms with Crippen LogP contribution < -0.4 is 5.56 Å². The van der Waals surface area contributed by atoms with Gasteiger partial charge in [0.25, 0.3) is 11.5 Å². The van der Waals surface area contributed by atoms with E-state index in [1.807, 2.05) is 51.1 Å². The number of amides is 1. The van der Waals surface area contributed by atoms with Crippen LogP contribution in [0.25, 0.3) is 0 Å². The molecule has 0 bridgehead atoms. The Hall–Kier alpha value is -2.47. The topological polar surface area (TPSA) is 86.3 Å². The molecule has 2 rings (SSSR count). The minimum atomic E-state index is -0.446. The minimum Gasteiger partial charge on any atom is -0.395 e. The Balaban J connectivity index is 2.38. The van der Waals surface area contributed by atoms with Crippen LogP contribution in [0.4, 0.5) is 0 Å². The normalized spacial score (nSPS) is 11.4. The van der Waals surface area contributed by atoms with Crippen molar-refractivity contribution in [3.8, 4) is 0 Å². The lowest BCUT2D eigenvalue weighted by Gasteiger charge is -2.23. The highest BCUT2D eigenvalue weighted by Crippen LogP contribution is 2.18. The average molecular weight is 343 g/mol. The monoisotopic (exact) mass is 343 g/mol. The second kappa shape index (κ2) is 7.61. The van der Waals surface area contributed by atoms with Gasteiger partial charge in [0.1, 0.15) is 11.4 Å². The van der Waals surface area contributed by atoms with Gasteiger partial charge < -0.3 is 15.0 Å². The van der Waals surface area contributed by atoms with Crippen LogP contribution in [-0.2, 0) is 12.0 Å². The molecule has 0 unspecified atom stereocenters. The van der Waals surface area contributed by atoms with Gasteiger partial charge in [0.05, 0.1) is 12.3 Å². The van der Waals surface area contributed by atoms with Crippen molar-refractivity contribution in [2.75, 3.05) is 13.2 Å². The average Bonchev–Trinajstić information content (AvgIpc) is 2.53. The highest BCUT2D eigenvalue weighted by atomic mass is 16.3. The number of rotatable bonds is 5. The molecule has 0 spiro atoms. The lowest BCUT2D eigenvalue weighted by Crippen LogP contribution is -2.38.